The summed E-state index contributed by atoms with van der Waals surface area (Å²) in [6.07, 6.45) is 3.43. The Labute approximate surface area is 164 Å². The van der Waals surface area contributed by atoms with Crippen molar-refractivity contribution in [3.8, 4) is 0 Å². The maximum Gasteiger partial charge on any atom is 0.226 e. The maximum atomic E-state index is 12.6. The molecule has 3 amide bonds. The summed E-state index contributed by atoms with van der Waals surface area (Å²) < 4.78 is 0. The highest BCUT2D eigenvalue weighted by atomic mass is 16.3. The number of nitrogens with one attached hydrogen (secondary N) is 3. The van der Waals surface area contributed by atoms with Gasteiger partial charge in [0.05, 0.1) is 6.10 Å². The summed E-state index contributed by atoms with van der Waals surface area (Å²) in [6.45, 7) is 9.88. The van der Waals surface area contributed by atoms with Crippen molar-refractivity contribution in [1.29, 1.82) is 0 Å². The van der Waals surface area contributed by atoms with E-state index in [9.17, 15) is 19.5 Å². The highest BCUT2D eigenvalue weighted by Gasteiger charge is 2.40. The Morgan fingerprint density at radius 3 is 2.15 bits per heavy atom. The minimum atomic E-state index is -0.685. The Kier molecular flexibility index (Phi) is 11.2. The van der Waals surface area contributed by atoms with Gasteiger partial charge in [-0.25, -0.2) is 0 Å². The summed E-state index contributed by atoms with van der Waals surface area (Å²) in [5.41, 5.74) is -1.36. The lowest BCUT2D eigenvalue weighted by atomic mass is 9.71. The minimum absolute atomic E-state index is 0.0351. The summed E-state index contributed by atoms with van der Waals surface area (Å²) in [4.78, 5) is 36.3. The van der Waals surface area contributed by atoms with Gasteiger partial charge in [0.2, 0.25) is 17.7 Å². The second-order valence-corrected chi connectivity index (χ2v) is 8.27. The molecular weight excluding hydrogens is 346 g/mol. The molecule has 0 aromatic heterocycles. The normalized spacial score (nSPS) is 14.8. The molecule has 2 unspecified atom stereocenters. The van der Waals surface area contributed by atoms with E-state index in [0.717, 1.165) is 19.3 Å². The van der Waals surface area contributed by atoms with Crippen molar-refractivity contribution in [1.82, 2.24) is 16.0 Å². The largest absolute Gasteiger partial charge is 0.392 e. The molecule has 0 rings (SSSR count). The first-order valence-corrected chi connectivity index (χ1v) is 9.93. The molecule has 0 saturated heterocycles. The molecule has 0 fully saturated rings. The van der Waals surface area contributed by atoms with Crippen molar-refractivity contribution in [2.75, 3.05) is 20.1 Å². The smallest absolute Gasteiger partial charge is 0.226 e. The molecule has 7 nitrogen and oxygen atoms in total. The third-order valence-corrected chi connectivity index (χ3v) is 4.98. The lowest BCUT2D eigenvalue weighted by Gasteiger charge is -2.35. The molecule has 158 valence electrons. The molecule has 0 spiro atoms. The summed E-state index contributed by atoms with van der Waals surface area (Å²) >= 11 is 0. The van der Waals surface area contributed by atoms with E-state index in [2.05, 4.69) is 16.0 Å². The van der Waals surface area contributed by atoms with Crippen LogP contribution >= 0.6 is 0 Å². The molecule has 2 atom stereocenters. The summed E-state index contributed by atoms with van der Waals surface area (Å²) in [6, 6.07) is 0. The van der Waals surface area contributed by atoms with Gasteiger partial charge in [-0.3, -0.25) is 14.4 Å². The number of unbranched alkanes of at least 4 members (excludes halogenated alkanes) is 2. The Balaban J connectivity index is 4.49. The predicted molar refractivity (Wildman–Crippen MR) is 107 cm³/mol. The topological polar surface area (TPSA) is 108 Å². The molecular formula is C20H39N3O4. The summed E-state index contributed by atoms with van der Waals surface area (Å²) in [5.74, 6) is -0.175. The van der Waals surface area contributed by atoms with Crippen LogP contribution in [0.15, 0.2) is 0 Å². The van der Waals surface area contributed by atoms with Gasteiger partial charge >= 0.3 is 0 Å². The number of hydrogen-bond donors (Lipinski definition) is 4. The standard InChI is InChI=1S/C20H39N3O4/c1-7-20(5,18(27)23-13-15(2)24)14-19(3,4)17(26)22-12-10-8-9-11-16(25)21-6/h15,24H,7-14H2,1-6H3,(H,21,25)(H,22,26)(H,23,27). The molecule has 0 radical (unpaired) electrons. The molecule has 4 N–H and O–H groups in total. The van der Waals surface area contributed by atoms with Crippen LogP contribution in [-0.4, -0.2) is 49.1 Å². The van der Waals surface area contributed by atoms with E-state index in [1.165, 1.54) is 0 Å². The van der Waals surface area contributed by atoms with Crippen molar-refractivity contribution in [2.24, 2.45) is 10.8 Å². The molecule has 0 heterocycles. The Morgan fingerprint density at radius 2 is 1.63 bits per heavy atom. The van der Waals surface area contributed by atoms with Crippen molar-refractivity contribution in [2.45, 2.75) is 79.2 Å². The second-order valence-electron chi connectivity index (χ2n) is 8.27. The fourth-order valence-corrected chi connectivity index (χ4v) is 3.03. The van der Waals surface area contributed by atoms with E-state index in [-0.39, 0.29) is 24.3 Å². The first-order chi connectivity index (χ1) is 12.5. The van der Waals surface area contributed by atoms with Gasteiger partial charge in [-0.15, -0.1) is 0 Å². The van der Waals surface area contributed by atoms with Gasteiger partial charge in [0.25, 0.3) is 0 Å². The fourth-order valence-electron chi connectivity index (χ4n) is 3.03. The number of hydrogen-bond acceptors (Lipinski definition) is 4. The minimum Gasteiger partial charge on any atom is -0.392 e. The van der Waals surface area contributed by atoms with E-state index in [4.69, 9.17) is 0 Å². The average Bonchev–Trinajstić information content (AvgIpc) is 2.61. The number of amides is 3. The first-order valence-electron chi connectivity index (χ1n) is 9.93. The zero-order chi connectivity index (χ0) is 21.1. The van der Waals surface area contributed by atoms with Crippen LogP contribution in [0, 0.1) is 10.8 Å². The number of aliphatic hydroxyl groups excluding tert-OH is 1. The van der Waals surface area contributed by atoms with Crippen LogP contribution in [-0.2, 0) is 14.4 Å². The number of carbonyl (C=O) groups excluding carboxylic acids is 3. The molecule has 0 aliphatic carbocycles. The molecule has 0 bridgehead atoms. The average molecular weight is 386 g/mol. The molecule has 0 aromatic carbocycles. The third-order valence-electron chi connectivity index (χ3n) is 4.98. The van der Waals surface area contributed by atoms with Crippen LogP contribution in [0.2, 0.25) is 0 Å². The number of rotatable bonds is 13. The molecule has 0 aliphatic rings. The number of carbonyl (C=O) groups is 3. The van der Waals surface area contributed by atoms with Gasteiger partial charge in [0, 0.05) is 37.4 Å². The zero-order valence-electron chi connectivity index (χ0n) is 17.9. The summed E-state index contributed by atoms with van der Waals surface area (Å²) in [7, 11) is 1.62. The van der Waals surface area contributed by atoms with E-state index >= 15 is 0 Å². The number of aliphatic hydroxyl groups is 1. The van der Waals surface area contributed by atoms with Crippen LogP contribution in [0.1, 0.15) is 73.1 Å². The Bertz CT molecular complexity index is 492. The molecule has 27 heavy (non-hydrogen) atoms. The quantitative estimate of drug-likeness (QED) is 0.362. The van der Waals surface area contributed by atoms with Crippen LogP contribution in [0.25, 0.3) is 0 Å². The summed E-state index contributed by atoms with van der Waals surface area (Å²) in [5, 5.41) is 17.7. The van der Waals surface area contributed by atoms with E-state index in [1.54, 1.807) is 14.0 Å². The van der Waals surface area contributed by atoms with E-state index in [1.807, 2.05) is 27.7 Å². The van der Waals surface area contributed by atoms with Crippen LogP contribution in [0.4, 0.5) is 0 Å². The van der Waals surface area contributed by atoms with Gasteiger partial charge in [-0.2, -0.15) is 0 Å². The first kappa shape index (κ1) is 25.4. The van der Waals surface area contributed by atoms with Gasteiger partial charge in [0.15, 0.2) is 0 Å². The van der Waals surface area contributed by atoms with Gasteiger partial charge < -0.3 is 21.1 Å². The van der Waals surface area contributed by atoms with Gasteiger partial charge in [-0.05, 0) is 32.6 Å². The van der Waals surface area contributed by atoms with E-state index in [0.29, 0.717) is 25.8 Å². The van der Waals surface area contributed by atoms with Crippen molar-refractivity contribution < 1.29 is 19.5 Å². The van der Waals surface area contributed by atoms with Crippen molar-refractivity contribution in [3.05, 3.63) is 0 Å². The van der Waals surface area contributed by atoms with Crippen molar-refractivity contribution in [3.63, 3.8) is 0 Å². The molecule has 0 saturated carbocycles. The van der Waals surface area contributed by atoms with Crippen LogP contribution < -0.4 is 16.0 Å². The third kappa shape index (κ3) is 9.75. The van der Waals surface area contributed by atoms with Crippen LogP contribution in [0.3, 0.4) is 0 Å². The zero-order valence-corrected chi connectivity index (χ0v) is 17.9. The second kappa shape index (κ2) is 12.0. The predicted octanol–water partition coefficient (Wildman–Crippen LogP) is 1.74. The lowest BCUT2D eigenvalue weighted by molar-refractivity contribution is -0.137. The van der Waals surface area contributed by atoms with E-state index < -0.39 is 16.9 Å². The van der Waals surface area contributed by atoms with Gasteiger partial charge in [0.1, 0.15) is 0 Å². The molecule has 0 aliphatic heterocycles. The van der Waals surface area contributed by atoms with Gasteiger partial charge in [-0.1, -0.05) is 34.1 Å². The van der Waals surface area contributed by atoms with Crippen molar-refractivity contribution >= 4 is 17.7 Å². The Hall–Kier alpha value is -1.63. The maximum absolute atomic E-state index is 12.6. The molecule has 7 heteroatoms. The Morgan fingerprint density at radius 1 is 1.00 bits per heavy atom. The lowest BCUT2D eigenvalue weighted by Crippen LogP contribution is -2.47. The van der Waals surface area contributed by atoms with Crippen LogP contribution in [0.5, 0.6) is 0 Å². The SMILES string of the molecule is CCC(C)(CC(C)(C)C(=O)NCCCCCC(=O)NC)C(=O)NCC(C)O. The monoisotopic (exact) mass is 385 g/mol. The highest BCUT2D eigenvalue weighted by molar-refractivity contribution is 5.85. The fraction of sp³-hybridized carbons (Fsp3) is 0.850. The molecule has 0 aromatic rings. The highest BCUT2D eigenvalue weighted by Crippen LogP contribution is 2.37.